The Morgan fingerprint density at radius 1 is 1.17 bits per heavy atom. The van der Waals surface area contributed by atoms with Crippen molar-refractivity contribution in [1.29, 1.82) is 0 Å². The summed E-state index contributed by atoms with van der Waals surface area (Å²) < 4.78 is 5.81. The van der Waals surface area contributed by atoms with Crippen LogP contribution in [-0.4, -0.2) is 86.4 Å². The minimum Gasteiger partial charge on any atom is -0.382 e. The zero-order valence-corrected chi connectivity index (χ0v) is 23.9. The Labute approximate surface area is 243 Å². The number of H-pyrrole nitrogens is 1. The standard InChI is InChI=1S/C29H35N11O2/c1-17(2)21-14-23(38-37-21)34-28(41)19-7-6-18(3)22(13-19)33-27-25-24(31-16-32-27)26(30)36-29(35-25)40-10-8-39(9-11-40)15-20-5-4-12-42-20/h6-7,13-14,16,20H,1,4-5,8-12,15H2,2-3H3,(H2,30,35,36)(H,31,32,33)(H2,34,37,38,41). The van der Waals surface area contributed by atoms with Gasteiger partial charge in [0.2, 0.25) is 5.95 Å². The first-order valence-electron chi connectivity index (χ1n) is 14.1. The van der Waals surface area contributed by atoms with Gasteiger partial charge in [-0.3, -0.25) is 14.8 Å². The molecular weight excluding hydrogens is 534 g/mol. The molecule has 1 amide bonds. The molecule has 1 unspecified atom stereocenters. The van der Waals surface area contributed by atoms with E-state index in [0.29, 0.717) is 51.8 Å². The third-order valence-electron chi connectivity index (χ3n) is 7.67. The molecule has 2 aliphatic heterocycles. The number of nitrogens with two attached hydrogens (primary N) is 1. The van der Waals surface area contributed by atoms with Gasteiger partial charge < -0.3 is 26.0 Å². The van der Waals surface area contributed by atoms with Gasteiger partial charge in [0.25, 0.3) is 5.91 Å². The predicted molar refractivity (Wildman–Crippen MR) is 163 cm³/mol. The highest BCUT2D eigenvalue weighted by molar-refractivity contribution is 6.05. The highest BCUT2D eigenvalue weighted by Gasteiger charge is 2.25. The molecule has 1 aromatic carbocycles. The molecule has 0 aliphatic carbocycles. The fourth-order valence-corrected chi connectivity index (χ4v) is 5.22. The number of piperazine rings is 1. The molecule has 42 heavy (non-hydrogen) atoms. The van der Waals surface area contributed by atoms with Gasteiger partial charge in [0.1, 0.15) is 17.4 Å². The second kappa shape index (κ2) is 11.7. The van der Waals surface area contributed by atoms with Gasteiger partial charge in [0.15, 0.2) is 17.5 Å². The maximum Gasteiger partial charge on any atom is 0.256 e. The number of nitrogen functional groups attached to an aromatic ring is 1. The van der Waals surface area contributed by atoms with E-state index in [0.717, 1.165) is 69.0 Å². The second-order valence-corrected chi connectivity index (χ2v) is 10.8. The lowest BCUT2D eigenvalue weighted by Crippen LogP contribution is -2.49. The Kier molecular flexibility index (Phi) is 7.68. The number of aromatic amines is 1. The maximum atomic E-state index is 13.0. The number of benzene rings is 1. The van der Waals surface area contributed by atoms with Crippen LogP contribution in [0.4, 0.5) is 29.1 Å². The molecule has 6 rings (SSSR count). The van der Waals surface area contributed by atoms with Crippen LogP contribution < -0.4 is 21.3 Å². The summed E-state index contributed by atoms with van der Waals surface area (Å²) in [5.41, 5.74) is 11.0. The van der Waals surface area contributed by atoms with Crippen LogP contribution in [0.3, 0.4) is 0 Å². The Bertz CT molecular complexity index is 1620. The van der Waals surface area contributed by atoms with Crippen molar-refractivity contribution in [2.24, 2.45) is 0 Å². The van der Waals surface area contributed by atoms with Crippen LogP contribution >= 0.6 is 0 Å². The normalized spacial score (nSPS) is 17.5. The van der Waals surface area contributed by atoms with E-state index < -0.39 is 0 Å². The number of ether oxygens (including phenoxy) is 1. The van der Waals surface area contributed by atoms with E-state index in [1.54, 1.807) is 18.2 Å². The number of rotatable bonds is 8. The van der Waals surface area contributed by atoms with Crippen molar-refractivity contribution in [2.45, 2.75) is 32.8 Å². The van der Waals surface area contributed by atoms with Crippen molar-refractivity contribution < 1.29 is 9.53 Å². The van der Waals surface area contributed by atoms with Gasteiger partial charge in [-0.05, 0) is 50.0 Å². The van der Waals surface area contributed by atoms with Crippen LogP contribution in [0.2, 0.25) is 0 Å². The van der Waals surface area contributed by atoms with Crippen molar-refractivity contribution in [3.8, 4) is 0 Å². The van der Waals surface area contributed by atoms with Crippen LogP contribution in [0, 0.1) is 6.92 Å². The van der Waals surface area contributed by atoms with Crippen LogP contribution in [0.1, 0.15) is 41.4 Å². The van der Waals surface area contributed by atoms with Crippen LogP contribution in [0.15, 0.2) is 37.2 Å². The van der Waals surface area contributed by atoms with Crippen LogP contribution in [-0.2, 0) is 4.74 Å². The molecule has 0 saturated carbocycles. The van der Waals surface area contributed by atoms with Crippen molar-refractivity contribution in [1.82, 2.24) is 35.0 Å². The van der Waals surface area contributed by atoms with Crippen LogP contribution in [0.5, 0.6) is 0 Å². The molecule has 2 fully saturated rings. The molecule has 2 aliphatic rings. The number of nitrogens with zero attached hydrogens (tertiary/aromatic N) is 7. The topological polar surface area (TPSA) is 163 Å². The molecule has 2 saturated heterocycles. The zero-order chi connectivity index (χ0) is 29.2. The summed E-state index contributed by atoms with van der Waals surface area (Å²) in [6.07, 6.45) is 4.04. The summed E-state index contributed by atoms with van der Waals surface area (Å²) in [6, 6.07) is 7.14. The van der Waals surface area contributed by atoms with Crippen molar-refractivity contribution in [3.05, 3.63) is 54.0 Å². The average molecular weight is 570 g/mol. The van der Waals surface area contributed by atoms with Gasteiger partial charge in [-0.25, -0.2) is 15.0 Å². The molecule has 3 aromatic heterocycles. The number of hydrogen-bond donors (Lipinski definition) is 4. The molecule has 5 heterocycles. The average Bonchev–Trinajstić information content (AvgIpc) is 3.67. The molecular formula is C29H35N11O2. The predicted octanol–water partition coefficient (Wildman–Crippen LogP) is 3.36. The molecule has 0 spiro atoms. The number of amides is 1. The summed E-state index contributed by atoms with van der Waals surface area (Å²) in [4.78, 5) is 35.8. The molecule has 218 valence electrons. The lowest BCUT2D eigenvalue weighted by atomic mass is 10.1. The van der Waals surface area contributed by atoms with Crippen molar-refractivity contribution in [3.63, 3.8) is 0 Å². The zero-order valence-electron chi connectivity index (χ0n) is 23.9. The number of anilines is 5. The number of nitrogens with one attached hydrogen (secondary N) is 3. The minimum absolute atomic E-state index is 0.292. The van der Waals surface area contributed by atoms with E-state index in [4.69, 9.17) is 15.5 Å². The fourth-order valence-electron chi connectivity index (χ4n) is 5.22. The molecule has 0 radical (unpaired) electrons. The van der Waals surface area contributed by atoms with E-state index in [2.05, 4.69) is 52.2 Å². The first-order valence-corrected chi connectivity index (χ1v) is 14.1. The van der Waals surface area contributed by atoms with Gasteiger partial charge >= 0.3 is 0 Å². The number of aromatic nitrogens is 6. The first-order chi connectivity index (χ1) is 20.3. The lowest BCUT2D eigenvalue weighted by molar-refractivity contribution is 0.0712. The SMILES string of the molecule is C=C(C)c1cc(NC(=O)c2ccc(C)c(Nc3ncnc4c(N)nc(N5CCN(CC6CCCO6)CC5)nc34)c2)n[nH]1. The number of fused-ring (bicyclic) bond motifs is 1. The monoisotopic (exact) mass is 569 g/mol. The van der Waals surface area contributed by atoms with Gasteiger partial charge in [-0.1, -0.05) is 12.6 Å². The quantitative estimate of drug-likeness (QED) is 0.246. The highest BCUT2D eigenvalue weighted by atomic mass is 16.5. The fraction of sp³-hybridized carbons (Fsp3) is 0.379. The lowest BCUT2D eigenvalue weighted by Gasteiger charge is -2.35. The number of carbonyl (C=O) groups is 1. The minimum atomic E-state index is -0.294. The van der Waals surface area contributed by atoms with Crippen molar-refractivity contribution in [2.75, 3.05) is 60.6 Å². The maximum absolute atomic E-state index is 13.0. The Morgan fingerprint density at radius 3 is 2.74 bits per heavy atom. The van der Waals surface area contributed by atoms with Gasteiger partial charge in [-0.15, -0.1) is 0 Å². The van der Waals surface area contributed by atoms with E-state index in [1.165, 1.54) is 6.33 Å². The van der Waals surface area contributed by atoms with E-state index in [1.807, 2.05) is 19.9 Å². The summed E-state index contributed by atoms with van der Waals surface area (Å²) in [5.74, 6) is 1.44. The number of carbonyl (C=O) groups excluding carboxylic acids is 1. The Balaban J connectivity index is 1.20. The number of aryl methyl sites for hydroxylation is 1. The molecule has 4 aromatic rings. The Hall–Kier alpha value is -4.62. The summed E-state index contributed by atoms with van der Waals surface area (Å²) in [7, 11) is 0. The molecule has 0 bridgehead atoms. The Morgan fingerprint density at radius 2 is 2.00 bits per heavy atom. The highest BCUT2D eigenvalue weighted by Crippen LogP contribution is 2.29. The van der Waals surface area contributed by atoms with E-state index >= 15 is 0 Å². The summed E-state index contributed by atoms with van der Waals surface area (Å²) in [6.45, 7) is 12.9. The molecule has 1 atom stereocenters. The van der Waals surface area contributed by atoms with Crippen LogP contribution in [0.25, 0.3) is 16.6 Å². The first kappa shape index (κ1) is 27.5. The van der Waals surface area contributed by atoms with Crippen molar-refractivity contribution >= 4 is 51.6 Å². The van der Waals surface area contributed by atoms with Gasteiger partial charge in [0, 0.05) is 56.6 Å². The second-order valence-electron chi connectivity index (χ2n) is 10.8. The largest absolute Gasteiger partial charge is 0.382 e. The molecule has 13 heteroatoms. The number of allylic oxidation sites excluding steroid dienone is 1. The molecule has 13 nitrogen and oxygen atoms in total. The molecule has 5 N–H and O–H groups in total. The third kappa shape index (κ3) is 5.87. The smallest absolute Gasteiger partial charge is 0.256 e. The van der Waals surface area contributed by atoms with E-state index in [-0.39, 0.29) is 5.91 Å². The van der Waals surface area contributed by atoms with Gasteiger partial charge in [0.05, 0.1) is 11.8 Å². The van der Waals surface area contributed by atoms with E-state index in [9.17, 15) is 4.79 Å². The third-order valence-corrected chi connectivity index (χ3v) is 7.67. The summed E-state index contributed by atoms with van der Waals surface area (Å²) in [5, 5.41) is 13.2. The number of hydrogen-bond acceptors (Lipinski definition) is 11. The summed E-state index contributed by atoms with van der Waals surface area (Å²) >= 11 is 0. The van der Waals surface area contributed by atoms with Gasteiger partial charge in [-0.2, -0.15) is 10.1 Å².